The van der Waals surface area contributed by atoms with E-state index in [0.717, 1.165) is 16.7 Å². The zero-order valence-electron chi connectivity index (χ0n) is 18.1. The predicted octanol–water partition coefficient (Wildman–Crippen LogP) is 5.89. The average Bonchev–Trinajstić information content (AvgIpc) is 3.26. The van der Waals surface area contributed by atoms with Gasteiger partial charge >= 0.3 is 11.6 Å². The first-order valence-corrected chi connectivity index (χ1v) is 11.3. The fourth-order valence-electron chi connectivity index (χ4n) is 3.83. The van der Waals surface area contributed by atoms with Crippen molar-refractivity contribution in [1.29, 1.82) is 0 Å². The van der Waals surface area contributed by atoms with E-state index in [4.69, 9.17) is 9.15 Å². The first kappa shape index (κ1) is 21.6. The number of nitrogens with zero attached hydrogens (tertiary/aromatic N) is 1. The maximum absolute atomic E-state index is 12.8. The number of fused-ring (bicyclic) bond motifs is 1. The Morgan fingerprint density at radius 3 is 2.38 bits per heavy atom. The van der Waals surface area contributed by atoms with Gasteiger partial charge in [-0.3, -0.25) is 4.79 Å². The van der Waals surface area contributed by atoms with Gasteiger partial charge in [0.15, 0.2) is 11.3 Å². The van der Waals surface area contributed by atoms with Crippen LogP contribution in [0.25, 0.3) is 43.9 Å². The van der Waals surface area contributed by atoms with Crippen LogP contribution >= 0.6 is 11.3 Å². The van der Waals surface area contributed by atoms with Gasteiger partial charge in [-0.15, -0.1) is 11.3 Å². The second-order valence-corrected chi connectivity index (χ2v) is 8.71. The van der Waals surface area contributed by atoms with Crippen molar-refractivity contribution in [1.82, 2.24) is 4.98 Å². The number of para-hydroxylation sites is 1. The molecule has 2 heterocycles. The van der Waals surface area contributed by atoms with Crippen LogP contribution in [0.1, 0.15) is 4.88 Å². The van der Waals surface area contributed by atoms with Gasteiger partial charge in [0.25, 0.3) is 0 Å². The fraction of sp³-hybridized carbons (Fsp3) is 0.0741. The van der Waals surface area contributed by atoms with Crippen LogP contribution in [-0.4, -0.2) is 23.2 Å². The third kappa shape index (κ3) is 4.09. The highest BCUT2D eigenvalue weighted by molar-refractivity contribution is 7.15. The number of aromatic nitrogens is 1. The van der Waals surface area contributed by atoms with E-state index in [-0.39, 0.29) is 12.0 Å². The molecule has 0 unspecified atom stereocenters. The molecular formula is C27H19NO5S. The molecule has 0 fully saturated rings. The second kappa shape index (κ2) is 8.96. The number of methoxy groups -OCH3 is 1. The Balaban J connectivity index is 1.60. The number of carboxylic acids is 1. The van der Waals surface area contributed by atoms with E-state index in [1.165, 1.54) is 18.4 Å². The molecular weight excluding hydrogens is 450 g/mol. The lowest BCUT2D eigenvalue weighted by atomic mass is 10.0. The summed E-state index contributed by atoms with van der Waals surface area (Å²) >= 11 is 1.19. The van der Waals surface area contributed by atoms with Gasteiger partial charge in [-0.1, -0.05) is 66.7 Å². The summed E-state index contributed by atoms with van der Waals surface area (Å²) in [5.41, 5.74) is 3.55. The lowest BCUT2D eigenvalue weighted by Crippen LogP contribution is -2.03. The van der Waals surface area contributed by atoms with Crippen molar-refractivity contribution >= 4 is 28.3 Å². The SMILES string of the molecule is COc1cccc2cc(-c3nc(-c4ccc(-c5ccccc5)cc4)c(CC(=O)O)s3)c(=O)oc12. The molecule has 7 heteroatoms. The number of thiazole rings is 1. The first-order chi connectivity index (χ1) is 16.5. The number of hydrogen-bond acceptors (Lipinski definition) is 6. The molecule has 34 heavy (non-hydrogen) atoms. The van der Waals surface area contributed by atoms with E-state index >= 15 is 0 Å². The summed E-state index contributed by atoms with van der Waals surface area (Å²) in [6, 6.07) is 24.8. The summed E-state index contributed by atoms with van der Waals surface area (Å²) in [5.74, 6) is -0.501. The number of hydrogen-bond donors (Lipinski definition) is 1. The molecule has 168 valence electrons. The highest BCUT2D eigenvalue weighted by Gasteiger charge is 2.20. The highest BCUT2D eigenvalue weighted by atomic mass is 32.1. The topological polar surface area (TPSA) is 89.6 Å². The van der Waals surface area contributed by atoms with Gasteiger partial charge < -0.3 is 14.3 Å². The van der Waals surface area contributed by atoms with Gasteiger partial charge in [-0.2, -0.15) is 0 Å². The predicted molar refractivity (Wildman–Crippen MR) is 132 cm³/mol. The molecule has 0 aliphatic heterocycles. The van der Waals surface area contributed by atoms with Crippen LogP contribution in [0.4, 0.5) is 0 Å². The van der Waals surface area contributed by atoms with E-state index in [0.29, 0.717) is 32.3 Å². The molecule has 5 aromatic rings. The monoisotopic (exact) mass is 469 g/mol. The van der Waals surface area contributed by atoms with E-state index < -0.39 is 11.6 Å². The third-order valence-electron chi connectivity index (χ3n) is 5.45. The molecule has 0 aliphatic carbocycles. The number of ether oxygens (including phenoxy) is 1. The maximum atomic E-state index is 12.8. The van der Waals surface area contributed by atoms with Crippen LogP contribution in [-0.2, 0) is 11.2 Å². The first-order valence-electron chi connectivity index (χ1n) is 10.5. The molecule has 0 spiro atoms. The Morgan fingerprint density at radius 2 is 1.68 bits per heavy atom. The number of benzene rings is 3. The Bertz CT molecular complexity index is 1550. The van der Waals surface area contributed by atoms with Crippen molar-refractivity contribution in [3.63, 3.8) is 0 Å². The van der Waals surface area contributed by atoms with Gasteiger partial charge in [-0.25, -0.2) is 9.78 Å². The van der Waals surface area contributed by atoms with Crippen molar-refractivity contribution in [2.45, 2.75) is 6.42 Å². The lowest BCUT2D eigenvalue weighted by Gasteiger charge is -2.05. The largest absolute Gasteiger partial charge is 0.493 e. The molecule has 0 bridgehead atoms. The molecule has 0 amide bonds. The third-order valence-corrected chi connectivity index (χ3v) is 6.54. The minimum atomic E-state index is -0.965. The van der Waals surface area contributed by atoms with Crippen molar-refractivity contribution < 1.29 is 19.1 Å². The highest BCUT2D eigenvalue weighted by Crippen LogP contribution is 2.36. The summed E-state index contributed by atoms with van der Waals surface area (Å²) in [7, 11) is 1.51. The van der Waals surface area contributed by atoms with Crippen molar-refractivity contribution in [2.24, 2.45) is 0 Å². The molecule has 2 aromatic heterocycles. The van der Waals surface area contributed by atoms with Crippen LogP contribution < -0.4 is 10.4 Å². The van der Waals surface area contributed by atoms with E-state index in [2.05, 4.69) is 4.98 Å². The summed E-state index contributed by atoms with van der Waals surface area (Å²) in [5, 5.41) is 10.6. The van der Waals surface area contributed by atoms with Crippen molar-refractivity contribution in [3.05, 3.63) is 94.2 Å². The molecule has 0 radical (unpaired) electrons. The molecule has 6 nitrogen and oxygen atoms in total. The van der Waals surface area contributed by atoms with Crippen molar-refractivity contribution in [3.8, 4) is 38.7 Å². The summed E-state index contributed by atoms with van der Waals surface area (Å²) in [4.78, 5) is 29.6. The van der Waals surface area contributed by atoms with Crippen LogP contribution in [0.15, 0.2) is 88.1 Å². The Kier molecular flexibility index (Phi) is 5.69. The quantitative estimate of drug-likeness (QED) is 0.312. The van der Waals surface area contributed by atoms with E-state index in [9.17, 15) is 14.7 Å². The van der Waals surface area contributed by atoms with Gasteiger partial charge in [0.1, 0.15) is 5.01 Å². The Labute approximate surface area is 198 Å². The minimum Gasteiger partial charge on any atom is -0.493 e. The standard InChI is InChI=1S/C27H19NO5S/c1-32-21-9-5-8-19-14-20(27(31)33-25(19)21)26-28-24(22(34-26)15-23(29)30)18-12-10-17(11-13-18)16-6-3-2-4-7-16/h2-14H,15H2,1H3,(H,29,30). The zero-order chi connectivity index (χ0) is 23.7. The van der Waals surface area contributed by atoms with Crippen LogP contribution in [0.5, 0.6) is 5.75 Å². The molecule has 0 saturated carbocycles. The maximum Gasteiger partial charge on any atom is 0.346 e. The van der Waals surface area contributed by atoms with E-state index in [1.807, 2.05) is 66.7 Å². The number of rotatable bonds is 6. The summed E-state index contributed by atoms with van der Waals surface area (Å²) < 4.78 is 10.8. The van der Waals surface area contributed by atoms with Gasteiger partial charge in [0, 0.05) is 15.8 Å². The van der Waals surface area contributed by atoms with Gasteiger partial charge in [0.2, 0.25) is 0 Å². The molecule has 3 aromatic carbocycles. The number of carboxylic acid groups (broad SMARTS) is 1. The molecule has 0 saturated heterocycles. The average molecular weight is 470 g/mol. The molecule has 0 aliphatic rings. The zero-order valence-corrected chi connectivity index (χ0v) is 19.0. The summed E-state index contributed by atoms with van der Waals surface area (Å²) in [6.07, 6.45) is -0.194. The lowest BCUT2D eigenvalue weighted by molar-refractivity contribution is -0.136. The summed E-state index contributed by atoms with van der Waals surface area (Å²) in [6.45, 7) is 0. The van der Waals surface area contributed by atoms with Crippen LogP contribution in [0.3, 0.4) is 0 Å². The Morgan fingerprint density at radius 1 is 0.971 bits per heavy atom. The Hall–Kier alpha value is -4.23. The van der Waals surface area contributed by atoms with Crippen LogP contribution in [0.2, 0.25) is 0 Å². The second-order valence-electron chi connectivity index (χ2n) is 7.63. The minimum absolute atomic E-state index is 0.194. The van der Waals surface area contributed by atoms with Gasteiger partial charge in [-0.05, 0) is 23.3 Å². The number of carbonyl (C=O) groups is 1. The molecule has 1 N–H and O–H groups in total. The molecule has 5 rings (SSSR count). The van der Waals surface area contributed by atoms with Crippen molar-refractivity contribution in [2.75, 3.05) is 7.11 Å². The van der Waals surface area contributed by atoms with Crippen LogP contribution in [0, 0.1) is 0 Å². The normalized spacial score (nSPS) is 11.0. The van der Waals surface area contributed by atoms with E-state index in [1.54, 1.807) is 12.1 Å². The smallest absolute Gasteiger partial charge is 0.346 e. The van der Waals surface area contributed by atoms with Gasteiger partial charge in [0.05, 0.1) is 24.8 Å². The number of aliphatic carboxylic acids is 1. The fourth-order valence-corrected chi connectivity index (χ4v) is 4.91. The molecule has 0 atom stereocenters.